The van der Waals surface area contributed by atoms with Crippen LogP contribution in [0.4, 0.5) is 4.79 Å². The van der Waals surface area contributed by atoms with Gasteiger partial charge in [0, 0.05) is 30.7 Å². The fourth-order valence-corrected chi connectivity index (χ4v) is 2.43. The van der Waals surface area contributed by atoms with Crippen molar-refractivity contribution in [2.24, 2.45) is 0 Å². The summed E-state index contributed by atoms with van der Waals surface area (Å²) in [7, 11) is 1.82. The van der Waals surface area contributed by atoms with E-state index < -0.39 is 0 Å². The summed E-state index contributed by atoms with van der Waals surface area (Å²) in [5, 5.41) is 4.23. The molecule has 0 saturated carbocycles. The lowest BCUT2D eigenvalue weighted by atomic mass is 10.1. The van der Waals surface area contributed by atoms with Crippen LogP contribution in [0.5, 0.6) is 0 Å². The van der Waals surface area contributed by atoms with Gasteiger partial charge in [-0.2, -0.15) is 0 Å². The number of aromatic amines is 1. The van der Waals surface area contributed by atoms with Gasteiger partial charge in [-0.25, -0.2) is 4.79 Å². The molecule has 2 amide bonds. The van der Waals surface area contributed by atoms with Gasteiger partial charge in [-0.1, -0.05) is 18.2 Å². The molecule has 1 aromatic heterocycles. The van der Waals surface area contributed by atoms with Crippen LogP contribution in [-0.4, -0.2) is 35.5 Å². The van der Waals surface area contributed by atoms with Gasteiger partial charge in [0.2, 0.25) is 0 Å². The largest absolute Gasteiger partial charge is 0.361 e. The summed E-state index contributed by atoms with van der Waals surface area (Å²) < 4.78 is 0. The van der Waals surface area contributed by atoms with Gasteiger partial charge in [-0.15, -0.1) is 0 Å². The fourth-order valence-electron chi connectivity index (χ4n) is 2.43. The maximum atomic E-state index is 11.4. The highest BCUT2D eigenvalue weighted by Crippen LogP contribution is 2.20. The third-order valence-corrected chi connectivity index (χ3v) is 3.31. The van der Waals surface area contributed by atoms with Gasteiger partial charge in [-0.3, -0.25) is 0 Å². The molecule has 2 N–H and O–H groups in total. The van der Waals surface area contributed by atoms with Crippen LogP contribution in [0.15, 0.2) is 30.5 Å². The summed E-state index contributed by atoms with van der Waals surface area (Å²) in [4.78, 5) is 16.4. The second-order valence-corrected chi connectivity index (χ2v) is 4.59. The van der Waals surface area contributed by atoms with Crippen LogP contribution >= 0.6 is 0 Å². The van der Waals surface area contributed by atoms with E-state index >= 15 is 0 Å². The van der Waals surface area contributed by atoms with Crippen molar-refractivity contribution in [1.82, 2.24) is 15.2 Å². The molecule has 1 atom stereocenters. The monoisotopic (exact) mass is 229 g/mol. The molecule has 3 rings (SSSR count). The summed E-state index contributed by atoms with van der Waals surface area (Å²) in [6.45, 7) is 0.776. The Hall–Kier alpha value is -1.97. The maximum Gasteiger partial charge on any atom is 0.317 e. The van der Waals surface area contributed by atoms with E-state index in [2.05, 4.69) is 22.4 Å². The summed E-state index contributed by atoms with van der Waals surface area (Å²) in [6.07, 6.45) is 2.91. The molecule has 1 aliphatic rings. The minimum atomic E-state index is 0.0230. The molecule has 88 valence electrons. The van der Waals surface area contributed by atoms with Crippen LogP contribution in [0.25, 0.3) is 10.9 Å². The van der Waals surface area contributed by atoms with Gasteiger partial charge < -0.3 is 15.2 Å². The summed E-state index contributed by atoms with van der Waals surface area (Å²) in [5.74, 6) is 0. The van der Waals surface area contributed by atoms with Crippen LogP contribution in [0, 0.1) is 0 Å². The molecule has 0 unspecified atom stereocenters. The van der Waals surface area contributed by atoms with Crippen LogP contribution in [-0.2, 0) is 6.42 Å². The molecular formula is C13H15N3O. The molecule has 0 aliphatic carbocycles. The zero-order chi connectivity index (χ0) is 11.8. The Morgan fingerprint density at radius 3 is 3.00 bits per heavy atom. The predicted molar refractivity (Wildman–Crippen MR) is 67.0 cm³/mol. The topological polar surface area (TPSA) is 48.1 Å². The summed E-state index contributed by atoms with van der Waals surface area (Å²) in [5.41, 5.74) is 2.42. The first kappa shape index (κ1) is 10.2. The molecule has 0 spiro atoms. The standard InChI is InChI=1S/C13H15N3O/c1-16-8-10(15-13(16)17)6-9-7-14-12-5-3-2-4-11(9)12/h2-5,7,10,14H,6,8H2,1H3,(H,15,17)/t10-/m1/s1. The second-order valence-electron chi connectivity index (χ2n) is 4.59. The van der Waals surface area contributed by atoms with Crippen molar-refractivity contribution in [3.63, 3.8) is 0 Å². The normalized spacial score (nSPS) is 19.9. The molecule has 17 heavy (non-hydrogen) atoms. The van der Waals surface area contributed by atoms with Crippen molar-refractivity contribution < 1.29 is 4.79 Å². The molecule has 2 heterocycles. The molecule has 1 aliphatic heterocycles. The van der Waals surface area contributed by atoms with Crippen LogP contribution in [0.2, 0.25) is 0 Å². The number of hydrogen-bond donors (Lipinski definition) is 2. The number of fused-ring (bicyclic) bond motifs is 1. The van der Waals surface area contributed by atoms with E-state index in [4.69, 9.17) is 0 Å². The third-order valence-electron chi connectivity index (χ3n) is 3.31. The van der Waals surface area contributed by atoms with E-state index in [1.54, 1.807) is 4.90 Å². The minimum absolute atomic E-state index is 0.0230. The van der Waals surface area contributed by atoms with Crippen molar-refractivity contribution in [3.8, 4) is 0 Å². The van der Waals surface area contributed by atoms with E-state index in [0.717, 1.165) is 18.5 Å². The Labute approximate surface area is 99.6 Å². The lowest BCUT2D eigenvalue weighted by molar-refractivity contribution is 0.226. The lowest BCUT2D eigenvalue weighted by Crippen LogP contribution is -2.28. The Balaban J connectivity index is 1.84. The van der Waals surface area contributed by atoms with Crippen LogP contribution < -0.4 is 5.32 Å². The smallest absolute Gasteiger partial charge is 0.317 e. The van der Waals surface area contributed by atoms with Crippen molar-refractivity contribution in [2.45, 2.75) is 12.5 Å². The van der Waals surface area contributed by atoms with Crippen molar-refractivity contribution in [2.75, 3.05) is 13.6 Å². The number of benzene rings is 1. The molecule has 2 aromatic rings. The first-order valence-corrected chi connectivity index (χ1v) is 5.80. The first-order chi connectivity index (χ1) is 8.24. The third kappa shape index (κ3) is 1.75. The van der Waals surface area contributed by atoms with E-state index in [1.165, 1.54) is 10.9 Å². The Kier molecular flexibility index (Phi) is 2.28. The highest BCUT2D eigenvalue weighted by atomic mass is 16.2. The first-order valence-electron chi connectivity index (χ1n) is 5.80. The molecule has 0 bridgehead atoms. The number of carbonyl (C=O) groups is 1. The number of amides is 2. The summed E-state index contributed by atoms with van der Waals surface area (Å²) >= 11 is 0. The fraction of sp³-hybridized carbons (Fsp3) is 0.308. The number of nitrogens with zero attached hydrogens (tertiary/aromatic N) is 1. The summed E-state index contributed by atoms with van der Waals surface area (Å²) in [6, 6.07) is 8.48. The zero-order valence-corrected chi connectivity index (χ0v) is 9.73. The highest BCUT2D eigenvalue weighted by Gasteiger charge is 2.26. The van der Waals surface area contributed by atoms with E-state index in [0.29, 0.717) is 0 Å². The second kappa shape index (κ2) is 3.80. The van der Waals surface area contributed by atoms with Crippen molar-refractivity contribution in [3.05, 3.63) is 36.0 Å². The zero-order valence-electron chi connectivity index (χ0n) is 9.73. The molecule has 1 saturated heterocycles. The number of likely N-dealkylation sites (N-methyl/N-ethyl adjacent to an activating group) is 1. The quantitative estimate of drug-likeness (QED) is 0.809. The van der Waals surface area contributed by atoms with Crippen molar-refractivity contribution >= 4 is 16.9 Å². The lowest BCUT2D eigenvalue weighted by Gasteiger charge is -2.08. The SMILES string of the molecule is CN1C[C@@H](Cc2c[nH]c3ccccc23)NC1=O. The number of hydrogen-bond acceptors (Lipinski definition) is 1. The van der Waals surface area contributed by atoms with Crippen molar-refractivity contribution in [1.29, 1.82) is 0 Å². The van der Waals surface area contributed by atoms with Gasteiger partial charge in [0.25, 0.3) is 0 Å². The molecule has 4 nitrogen and oxygen atoms in total. The number of carbonyl (C=O) groups excluding carboxylic acids is 1. The molecular weight excluding hydrogens is 214 g/mol. The predicted octanol–water partition coefficient (Wildman–Crippen LogP) is 1.73. The number of H-pyrrole nitrogens is 1. The molecule has 1 aromatic carbocycles. The van der Waals surface area contributed by atoms with E-state index in [1.807, 2.05) is 25.4 Å². The number of nitrogens with one attached hydrogen (secondary N) is 2. The maximum absolute atomic E-state index is 11.4. The average Bonchev–Trinajstić information content (AvgIpc) is 2.85. The average molecular weight is 229 g/mol. The minimum Gasteiger partial charge on any atom is -0.361 e. The van der Waals surface area contributed by atoms with E-state index in [-0.39, 0.29) is 12.1 Å². The number of rotatable bonds is 2. The molecule has 0 radical (unpaired) electrons. The Morgan fingerprint density at radius 2 is 2.24 bits per heavy atom. The number of para-hydroxylation sites is 1. The van der Waals surface area contributed by atoms with E-state index in [9.17, 15) is 4.79 Å². The Bertz CT molecular complexity index is 561. The Morgan fingerprint density at radius 1 is 1.41 bits per heavy atom. The van der Waals surface area contributed by atoms with Gasteiger partial charge in [0.1, 0.15) is 0 Å². The van der Waals surface area contributed by atoms with Gasteiger partial charge in [-0.05, 0) is 18.1 Å². The number of urea groups is 1. The molecule has 1 fully saturated rings. The van der Waals surface area contributed by atoms with Gasteiger partial charge >= 0.3 is 6.03 Å². The highest BCUT2D eigenvalue weighted by molar-refractivity contribution is 5.83. The molecule has 4 heteroatoms. The number of aromatic nitrogens is 1. The van der Waals surface area contributed by atoms with Crippen LogP contribution in [0.3, 0.4) is 0 Å². The van der Waals surface area contributed by atoms with Gasteiger partial charge in [0.05, 0.1) is 6.04 Å². The van der Waals surface area contributed by atoms with Crippen LogP contribution in [0.1, 0.15) is 5.56 Å². The van der Waals surface area contributed by atoms with Gasteiger partial charge in [0.15, 0.2) is 0 Å².